The lowest BCUT2D eigenvalue weighted by Crippen LogP contribution is -1.91. The minimum atomic E-state index is 0.562. The summed E-state index contributed by atoms with van der Waals surface area (Å²) in [7, 11) is 0. The maximum absolute atomic E-state index is 2.34. The SMILES string of the molecule is CC=Cc1sc(C=Cc2sc(C)c(C)c2C(C)C)c(C)c1C(C)C. The fourth-order valence-electron chi connectivity index (χ4n) is 3.38. The lowest BCUT2D eigenvalue weighted by atomic mass is 9.97. The quantitative estimate of drug-likeness (QED) is 0.505. The largest absolute Gasteiger partial charge is 0.141 e. The van der Waals surface area contributed by atoms with E-state index in [9.17, 15) is 0 Å². The number of hydrogen-bond donors (Lipinski definition) is 0. The van der Waals surface area contributed by atoms with E-state index in [2.05, 4.69) is 79.7 Å². The van der Waals surface area contributed by atoms with Gasteiger partial charge in [-0.05, 0) is 80.0 Å². The lowest BCUT2D eigenvalue weighted by molar-refractivity contribution is 0.859. The van der Waals surface area contributed by atoms with Crippen LogP contribution >= 0.6 is 22.7 Å². The number of hydrogen-bond acceptors (Lipinski definition) is 2. The molecule has 2 rings (SSSR count). The van der Waals surface area contributed by atoms with Gasteiger partial charge in [0.05, 0.1) is 0 Å². The summed E-state index contributed by atoms with van der Waals surface area (Å²) in [6.45, 7) is 18.0. The smallest absolute Gasteiger partial charge is 0.0311 e. The lowest BCUT2D eigenvalue weighted by Gasteiger charge is -2.07. The summed E-state index contributed by atoms with van der Waals surface area (Å²) < 4.78 is 0. The molecule has 0 radical (unpaired) electrons. The first kappa shape index (κ1) is 19.2. The van der Waals surface area contributed by atoms with Gasteiger partial charge in [-0.25, -0.2) is 0 Å². The summed E-state index contributed by atoms with van der Waals surface area (Å²) in [6, 6.07) is 0. The standard InChI is InChI=1S/C22H30S2/c1-9-10-19-22(14(4)5)16(7)18(24-19)11-12-20-21(13(2)3)15(6)17(8)23-20/h9-14H,1-8H3. The van der Waals surface area contributed by atoms with Crippen molar-refractivity contribution in [1.82, 2.24) is 0 Å². The van der Waals surface area contributed by atoms with Crippen molar-refractivity contribution < 1.29 is 0 Å². The first-order chi connectivity index (χ1) is 11.3. The van der Waals surface area contributed by atoms with E-state index in [0.717, 1.165) is 0 Å². The summed E-state index contributed by atoms with van der Waals surface area (Å²) in [5, 5.41) is 0. The van der Waals surface area contributed by atoms with Gasteiger partial charge in [0.15, 0.2) is 0 Å². The van der Waals surface area contributed by atoms with Gasteiger partial charge in [0, 0.05) is 19.5 Å². The Morgan fingerprint density at radius 2 is 1.17 bits per heavy atom. The average Bonchev–Trinajstić information content (AvgIpc) is 2.95. The van der Waals surface area contributed by atoms with Gasteiger partial charge in [-0.2, -0.15) is 0 Å². The number of rotatable bonds is 5. The Morgan fingerprint density at radius 3 is 1.71 bits per heavy atom. The van der Waals surface area contributed by atoms with Crippen molar-refractivity contribution in [2.24, 2.45) is 0 Å². The van der Waals surface area contributed by atoms with E-state index < -0.39 is 0 Å². The molecule has 24 heavy (non-hydrogen) atoms. The summed E-state index contributed by atoms with van der Waals surface area (Å²) in [6.07, 6.45) is 9.06. The van der Waals surface area contributed by atoms with Crippen LogP contribution in [0.2, 0.25) is 0 Å². The zero-order valence-electron chi connectivity index (χ0n) is 16.3. The first-order valence-corrected chi connectivity index (χ1v) is 10.4. The molecule has 0 aromatic carbocycles. The Kier molecular flexibility index (Phi) is 6.28. The third-order valence-corrected chi connectivity index (χ3v) is 7.00. The van der Waals surface area contributed by atoms with Crippen molar-refractivity contribution in [3.63, 3.8) is 0 Å². The van der Waals surface area contributed by atoms with Gasteiger partial charge in [-0.15, -0.1) is 22.7 Å². The van der Waals surface area contributed by atoms with Crippen LogP contribution in [0.25, 0.3) is 18.2 Å². The molecular weight excluding hydrogens is 328 g/mol. The predicted octanol–water partition coefficient (Wildman–Crippen LogP) is 8.19. The molecule has 0 aliphatic heterocycles. The van der Waals surface area contributed by atoms with Crippen LogP contribution in [0.5, 0.6) is 0 Å². The summed E-state index contributed by atoms with van der Waals surface area (Å²) in [5.41, 5.74) is 5.92. The average molecular weight is 359 g/mol. The molecule has 0 spiro atoms. The minimum Gasteiger partial charge on any atom is -0.141 e. The molecule has 0 fully saturated rings. The van der Waals surface area contributed by atoms with Crippen LogP contribution in [0, 0.1) is 20.8 Å². The molecule has 0 nitrogen and oxygen atoms in total. The Labute approximate surface area is 155 Å². The zero-order chi connectivity index (χ0) is 18.0. The zero-order valence-corrected chi connectivity index (χ0v) is 17.9. The monoisotopic (exact) mass is 358 g/mol. The Bertz CT molecular complexity index is 764. The molecule has 0 unspecified atom stereocenters. The second-order valence-corrected chi connectivity index (χ2v) is 9.41. The fourth-order valence-corrected chi connectivity index (χ4v) is 5.95. The Morgan fingerprint density at radius 1 is 0.667 bits per heavy atom. The molecule has 0 amide bonds. The van der Waals surface area contributed by atoms with Crippen molar-refractivity contribution >= 4 is 40.9 Å². The van der Waals surface area contributed by atoms with E-state index in [1.54, 1.807) is 0 Å². The normalized spacial score (nSPS) is 12.6. The predicted molar refractivity (Wildman–Crippen MR) is 115 cm³/mol. The molecule has 0 N–H and O–H groups in total. The van der Waals surface area contributed by atoms with Crippen LogP contribution in [0.4, 0.5) is 0 Å². The molecule has 0 atom stereocenters. The van der Waals surface area contributed by atoms with Crippen LogP contribution in [0.1, 0.15) is 88.2 Å². The maximum Gasteiger partial charge on any atom is 0.0311 e. The van der Waals surface area contributed by atoms with Gasteiger partial charge in [0.2, 0.25) is 0 Å². The highest BCUT2D eigenvalue weighted by molar-refractivity contribution is 7.14. The van der Waals surface area contributed by atoms with E-state index in [1.165, 1.54) is 41.8 Å². The fraction of sp³-hybridized carbons (Fsp3) is 0.455. The topological polar surface area (TPSA) is 0 Å². The summed E-state index contributed by atoms with van der Waals surface area (Å²) >= 11 is 3.84. The van der Waals surface area contributed by atoms with Gasteiger partial charge in [0.1, 0.15) is 0 Å². The van der Waals surface area contributed by atoms with E-state index >= 15 is 0 Å². The Hall–Kier alpha value is -1.12. The van der Waals surface area contributed by atoms with Crippen molar-refractivity contribution in [2.75, 3.05) is 0 Å². The molecule has 0 aliphatic rings. The molecule has 0 saturated heterocycles. The van der Waals surface area contributed by atoms with Crippen molar-refractivity contribution in [3.05, 3.63) is 47.8 Å². The van der Waals surface area contributed by atoms with Crippen LogP contribution in [-0.4, -0.2) is 0 Å². The molecular formula is C22H30S2. The van der Waals surface area contributed by atoms with E-state index in [4.69, 9.17) is 0 Å². The molecule has 2 heteroatoms. The van der Waals surface area contributed by atoms with Crippen LogP contribution in [0.3, 0.4) is 0 Å². The number of aryl methyl sites for hydroxylation is 1. The molecule has 2 heterocycles. The molecule has 0 saturated carbocycles. The van der Waals surface area contributed by atoms with Crippen molar-refractivity contribution in [2.45, 2.75) is 67.2 Å². The van der Waals surface area contributed by atoms with E-state index in [0.29, 0.717) is 11.8 Å². The molecule has 2 aromatic rings. The van der Waals surface area contributed by atoms with E-state index in [-0.39, 0.29) is 0 Å². The van der Waals surface area contributed by atoms with Gasteiger partial charge >= 0.3 is 0 Å². The Balaban J connectivity index is 2.47. The highest BCUT2D eigenvalue weighted by Gasteiger charge is 2.16. The van der Waals surface area contributed by atoms with Crippen molar-refractivity contribution in [1.29, 1.82) is 0 Å². The van der Waals surface area contributed by atoms with Gasteiger partial charge in [-0.3, -0.25) is 0 Å². The molecule has 0 aliphatic carbocycles. The number of allylic oxidation sites excluding steroid dienone is 1. The third-order valence-electron chi connectivity index (χ3n) is 4.58. The van der Waals surface area contributed by atoms with Gasteiger partial charge in [0.25, 0.3) is 0 Å². The summed E-state index contributed by atoms with van der Waals surface area (Å²) in [4.78, 5) is 5.67. The summed E-state index contributed by atoms with van der Waals surface area (Å²) in [5.74, 6) is 1.14. The second-order valence-electron chi connectivity index (χ2n) is 7.07. The third kappa shape index (κ3) is 3.75. The minimum absolute atomic E-state index is 0.562. The van der Waals surface area contributed by atoms with Crippen LogP contribution in [-0.2, 0) is 0 Å². The molecule has 0 bridgehead atoms. The van der Waals surface area contributed by atoms with Gasteiger partial charge in [-0.1, -0.05) is 33.8 Å². The first-order valence-electron chi connectivity index (χ1n) is 8.81. The molecule has 2 aromatic heterocycles. The molecule has 130 valence electrons. The van der Waals surface area contributed by atoms with E-state index in [1.807, 2.05) is 22.7 Å². The van der Waals surface area contributed by atoms with Gasteiger partial charge < -0.3 is 0 Å². The van der Waals surface area contributed by atoms with Crippen LogP contribution < -0.4 is 0 Å². The highest BCUT2D eigenvalue weighted by Crippen LogP contribution is 2.38. The van der Waals surface area contributed by atoms with Crippen LogP contribution in [0.15, 0.2) is 6.08 Å². The number of thiophene rings is 2. The van der Waals surface area contributed by atoms with Crippen molar-refractivity contribution in [3.8, 4) is 0 Å². The second kappa shape index (κ2) is 7.84. The maximum atomic E-state index is 2.34. The highest BCUT2D eigenvalue weighted by atomic mass is 32.1.